The van der Waals surface area contributed by atoms with Gasteiger partial charge in [0, 0.05) is 33.6 Å². The Hall–Kier alpha value is -3.15. The zero-order valence-electron chi connectivity index (χ0n) is 21.4. The van der Waals surface area contributed by atoms with Crippen molar-refractivity contribution in [2.24, 2.45) is 5.92 Å². The van der Waals surface area contributed by atoms with Gasteiger partial charge in [0.25, 0.3) is 0 Å². The summed E-state index contributed by atoms with van der Waals surface area (Å²) >= 11 is 0. The van der Waals surface area contributed by atoms with E-state index in [1.807, 2.05) is 11.8 Å². The quantitative estimate of drug-likeness (QED) is 0.259. The van der Waals surface area contributed by atoms with E-state index in [1.54, 1.807) is 0 Å². The van der Waals surface area contributed by atoms with Crippen LogP contribution in [-0.2, 0) is 47.7 Å². The summed E-state index contributed by atoms with van der Waals surface area (Å²) in [6.07, 6.45) is -0.498. The van der Waals surface area contributed by atoms with Crippen molar-refractivity contribution < 1.29 is 47.7 Å². The fraction of sp³-hybridized carbons (Fsp3) is 0.609. The summed E-state index contributed by atoms with van der Waals surface area (Å²) in [7, 11) is -0.523. The van der Waals surface area contributed by atoms with Gasteiger partial charge in [0.15, 0.2) is 18.3 Å². The Morgan fingerprint density at radius 3 is 2.09 bits per heavy atom. The van der Waals surface area contributed by atoms with Gasteiger partial charge in [-0.05, 0) is 6.08 Å². The molecule has 0 saturated heterocycles. The normalized spacial score (nSPS) is 21.6. The lowest BCUT2D eigenvalue weighted by Crippen LogP contribution is -2.59. The fourth-order valence-electron chi connectivity index (χ4n) is 3.39. The molecule has 0 fully saturated rings. The van der Waals surface area contributed by atoms with Crippen LogP contribution in [0.2, 0.25) is 19.6 Å². The van der Waals surface area contributed by atoms with Crippen LogP contribution in [0.4, 0.5) is 0 Å². The van der Waals surface area contributed by atoms with Gasteiger partial charge in [-0.15, -0.1) is 0 Å². The molecule has 1 N–H and O–H groups in total. The highest BCUT2D eigenvalue weighted by atomic mass is 28.3. The van der Waals surface area contributed by atoms with Crippen LogP contribution in [0.3, 0.4) is 0 Å². The summed E-state index contributed by atoms with van der Waals surface area (Å²) in [6.45, 7) is 10.6. The van der Waals surface area contributed by atoms with E-state index in [4.69, 9.17) is 23.7 Å². The van der Waals surface area contributed by atoms with Crippen molar-refractivity contribution in [1.82, 2.24) is 5.32 Å². The molecule has 11 nitrogen and oxygen atoms in total. The predicted octanol–water partition coefficient (Wildman–Crippen LogP) is 1.42. The number of esters is 4. The molecule has 0 spiro atoms. The molecule has 35 heavy (non-hydrogen) atoms. The van der Waals surface area contributed by atoms with Crippen molar-refractivity contribution in [2.75, 3.05) is 13.7 Å². The molecule has 1 amide bonds. The number of hydrogen-bond donors (Lipinski definition) is 1. The maximum absolute atomic E-state index is 12.4. The van der Waals surface area contributed by atoms with Gasteiger partial charge in [0.05, 0.1) is 21.2 Å². The minimum Gasteiger partial charge on any atom is -0.477 e. The van der Waals surface area contributed by atoms with E-state index in [0.29, 0.717) is 0 Å². The Balaban J connectivity index is 3.67. The van der Waals surface area contributed by atoms with E-state index in [1.165, 1.54) is 20.1 Å². The van der Waals surface area contributed by atoms with Crippen LogP contribution in [-0.4, -0.2) is 75.9 Å². The lowest BCUT2D eigenvalue weighted by Gasteiger charge is -2.41. The first-order chi connectivity index (χ1) is 16.1. The first-order valence-corrected chi connectivity index (χ1v) is 14.6. The molecule has 1 heterocycles. The number of hydrogen-bond acceptors (Lipinski definition) is 10. The summed E-state index contributed by atoms with van der Waals surface area (Å²) in [4.78, 5) is 59.8. The van der Waals surface area contributed by atoms with Gasteiger partial charge in [0.2, 0.25) is 11.7 Å². The SMILES string of the molecule is COC(=O)C1=C[C@H](/C=C/[Si](C)(C)C)[C@@H](NC(C)=O)[C@H]([C@H](OC(C)=O)[C@@H](COC(C)=O)OC(C)=O)O1. The number of methoxy groups -OCH3 is 1. The van der Waals surface area contributed by atoms with Crippen molar-refractivity contribution in [2.45, 2.75) is 71.7 Å². The zero-order valence-corrected chi connectivity index (χ0v) is 22.4. The van der Waals surface area contributed by atoms with Gasteiger partial charge in [0.1, 0.15) is 6.61 Å². The van der Waals surface area contributed by atoms with Crippen molar-refractivity contribution in [1.29, 1.82) is 0 Å². The highest BCUT2D eigenvalue weighted by molar-refractivity contribution is 6.80. The van der Waals surface area contributed by atoms with Crippen molar-refractivity contribution in [3.05, 3.63) is 23.6 Å². The second-order valence-electron chi connectivity index (χ2n) is 9.16. The number of nitrogens with one attached hydrogen (secondary N) is 1. The summed E-state index contributed by atoms with van der Waals surface area (Å²) in [6, 6.07) is -0.840. The topological polar surface area (TPSA) is 144 Å². The third-order valence-corrected chi connectivity index (χ3v) is 5.90. The molecule has 12 heteroatoms. The molecule has 0 saturated carbocycles. The van der Waals surface area contributed by atoms with Crippen molar-refractivity contribution in [3.8, 4) is 0 Å². The highest BCUT2D eigenvalue weighted by Gasteiger charge is 2.47. The Kier molecular flexibility index (Phi) is 11.2. The van der Waals surface area contributed by atoms with Gasteiger partial charge in [-0.25, -0.2) is 4.79 Å². The molecule has 5 atom stereocenters. The third kappa shape index (κ3) is 10.3. The van der Waals surface area contributed by atoms with E-state index >= 15 is 0 Å². The average Bonchev–Trinajstić information content (AvgIpc) is 2.72. The maximum Gasteiger partial charge on any atom is 0.373 e. The summed E-state index contributed by atoms with van der Waals surface area (Å²) in [5, 5.41) is 2.79. The van der Waals surface area contributed by atoms with E-state index < -0.39 is 74.7 Å². The minimum atomic E-state index is -1.70. The van der Waals surface area contributed by atoms with Crippen LogP contribution in [0, 0.1) is 5.92 Å². The molecule has 1 aliphatic rings. The number of carbonyl (C=O) groups excluding carboxylic acids is 5. The molecular weight excluding hydrogens is 478 g/mol. The molecular formula is C23H35NO10Si. The van der Waals surface area contributed by atoms with Crippen LogP contribution < -0.4 is 5.32 Å². The molecule has 0 radical (unpaired) electrons. The first kappa shape index (κ1) is 29.9. The number of ether oxygens (including phenoxy) is 5. The molecule has 1 aliphatic heterocycles. The first-order valence-electron chi connectivity index (χ1n) is 11.1. The van der Waals surface area contributed by atoms with E-state index in [0.717, 1.165) is 20.8 Å². The van der Waals surface area contributed by atoms with Crippen LogP contribution in [0.15, 0.2) is 23.6 Å². The Morgan fingerprint density at radius 1 is 1.03 bits per heavy atom. The lowest BCUT2D eigenvalue weighted by molar-refractivity contribution is -0.188. The second kappa shape index (κ2) is 13.1. The molecule has 0 aromatic carbocycles. The smallest absolute Gasteiger partial charge is 0.373 e. The lowest BCUT2D eigenvalue weighted by atomic mass is 9.87. The second-order valence-corrected chi connectivity index (χ2v) is 14.2. The van der Waals surface area contributed by atoms with Crippen LogP contribution in [0.1, 0.15) is 27.7 Å². The third-order valence-electron chi connectivity index (χ3n) is 4.71. The van der Waals surface area contributed by atoms with E-state index in [9.17, 15) is 24.0 Å². The standard InChI is InChI=1S/C23H35NO10Si/c1-13(25)24-20-17(9-10-35(6,7)8)11-18(23(29)30-5)34-22(20)21(33-16(4)28)19(32-15(3)27)12-31-14(2)26/h9-11,17,19-22H,12H2,1-8H3,(H,24,25)/b10-9+/t17-,19+,20+,21+,22+/m0/s1. The Bertz CT molecular complexity index is 876. The van der Waals surface area contributed by atoms with Crippen molar-refractivity contribution in [3.63, 3.8) is 0 Å². The molecule has 196 valence electrons. The highest BCUT2D eigenvalue weighted by Crippen LogP contribution is 2.31. The number of amides is 1. The monoisotopic (exact) mass is 513 g/mol. The molecule has 1 rings (SSSR count). The minimum absolute atomic E-state index is 0.171. The maximum atomic E-state index is 12.4. The van der Waals surface area contributed by atoms with E-state index in [-0.39, 0.29) is 5.76 Å². The van der Waals surface area contributed by atoms with Gasteiger partial charge in [-0.2, -0.15) is 0 Å². The number of rotatable bonds is 10. The summed E-state index contributed by atoms with van der Waals surface area (Å²) in [5.74, 6) is -4.06. The largest absolute Gasteiger partial charge is 0.477 e. The van der Waals surface area contributed by atoms with Gasteiger partial charge in [-0.1, -0.05) is 31.4 Å². The van der Waals surface area contributed by atoms with Gasteiger partial charge >= 0.3 is 23.9 Å². The van der Waals surface area contributed by atoms with Gasteiger partial charge in [-0.3, -0.25) is 19.2 Å². The molecule has 0 unspecified atom stereocenters. The zero-order chi connectivity index (χ0) is 26.9. The average molecular weight is 514 g/mol. The molecule has 0 aromatic heterocycles. The van der Waals surface area contributed by atoms with E-state index in [2.05, 4.69) is 25.0 Å². The van der Waals surface area contributed by atoms with Gasteiger partial charge < -0.3 is 29.0 Å². The van der Waals surface area contributed by atoms with Crippen LogP contribution in [0.5, 0.6) is 0 Å². The van der Waals surface area contributed by atoms with Crippen LogP contribution in [0.25, 0.3) is 0 Å². The summed E-state index contributed by atoms with van der Waals surface area (Å²) < 4.78 is 26.5. The Labute approximate surface area is 206 Å². The van der Waals surface area contributed by atoms with Crippen molar-refractivity contribution >= 4 is 37.9 Å². The molecule has 0 aliphatic carbocycles. The molecule has 0 aromatic rings. The number of carbonyl (C=O) groups is 5. The van der Waals surface area contributed by atoms with Crippen LogP contribution >= 0.6 is 0 Å². The predicted molar refractivity (Wildman–Crippen MR) is 126 cm³/mol. The fourth-order valence-corrected chi connectivity index (χ4v) is 4.19. The summed E-state index contributed by atoms with van der Waals surface area (Å²) in [5.41, 5.74) is 2.03. The molecule has 0 bridgehead atoms. The Morgan fingerprint density at radius 2 is 1.63 bits per heavy atom.